The summed E-state index contributed by atoms with van der Waals surface area (Å²) in [4.78, 5) is 31.7. The van der Waals surface area contributed by atoms with Gasteiger partial charge in [0, 0.05) is 24.5 Å². The van der Waals surface area contributed by atoms with Gasteiger partial charge in [-0.2, -0.15) is 0 Å². The molecule has 0 fully saturated rings. The minimum atomic E-state index is -1.14. The first-order valence-electron chi connectivity index (χ1n) is 6.95. The van der Waals surface area contributed by atoms with Crippen LogP contribution >= 0.6 is 0 Å². The molecule has 0 aromatic carbocycles. The topological polar surface area (TPSA) is 94.3 Å². The van der Waals surface area contributed by atoms with Crippen molar-refractivity contribution >= 4 is 11.9 Å². The van der Waals surface area contributed by atoms with Crippen molar-refractivity contribution in [3.8, 4) is 11.4 Å². The van der Waals surface area contributed by atoms with Crippen LogP contribution in [-0.4, -0.2) is 38.7 Å². The van der Waals surface area contributed by atoms with Gasteiger partial charge in [-0.05, 0) is 25.0 Å². The van der Waals surface area contributed by atoms with E-state index in [1.165, 1.54) is 7.11 Å². The molecule has 3 heterocycles. The Labute approximate surface area is 126 Å². The zero-order valence-electron chi connectivity index (χ0n) is 12.0. The number of methoxy groups -OCH3 is 1. The zero-order valence-corrected chi connectivity index (χ0v) is 12.0. The summed E-state index contributed by atoms with van der Waals surface area (Å²) < 4.78 is 6.62. The maximum Gasteiger partial charge on any atom is 0.356 e. The number of hydrogen-bond donors (Lipinski definition) is 1. The van der Waals surface area contributed by atoms with Gasteiger partial charge in [-0.1, -0.05) is 0 Å². The second-order valence-corrected chi connectivity index (χ2v) is 5.08. The Morgan fingerprint density at radius 2 is 2.09 bits per heavy atom. The van der Waals surface area contributed by atoms with Crippen LogP contribution in [0.5, 0.6) is 0 Å². The van der Waals surface area contributed by atoms with Crippen molar-refractivity contribution in [2.24, 2.45) is 0 Å². The molecule has 0 saturated carbocycles. The van der Waals surface area contributed by atoms with Gasteiger partial charge in [0.15, 0.2) is 5.69 Å². The third-order valence-corrected chi connectivity index (χ3v) is 3.84. The summed E-state index contributed by atoms with van der Waals surface area (Å²) in [6, 6.07) is 3.53. The summed E-state index contributed by atoms with van der Waals surface area (Å²) in [5, 5.41) is 9.43. The van der Waals surface area contributed by atoms with Crippen molar-refractivity contribution in [3.05, 3.63) is 35.9 Å². The molecule has 7 nitrogen and oxygen atoms in total. The number of rotatable bonds is 3. The Balaban J connectivity index is 2.20. The number of carbonyl (C=O) groups excluding carboxylic acids is 1. The highest BCUT2D eigenvalue weighted by Crippen LogP contribution is 2.35. The van der Waals surface area contributed by atoms with Crippen LogP contribution < -0.4 is 0 Å². The van der Waals surface area contributed by atoms with E-state index in [0.717, 1.165) is 12.0 Å². The molecule has 0 spiro atoms. The highest BCUT2D eigenvalue weighted by Gasteiger charge is 2.35. The maximum absolute atomic E-state index is 12.0. The normalized spacial score (nSPS) is 16.9. The van der Waals surface area contributed by atoms with Crippen LogP contribution in [0.2, 0.25) is 0 Å². The van der Waals surface area contributed by atoms with Gasteiger partial charge in [-0.25, -0.2) is 9.78 Å². The predicted octanol–water partition coefficient (Wildman–Crippen LogP) is 1.69. The number of aromatic nitrogens is 3. The lowest BCUT2D eigenvalue weighted by Crippen LogP contribution is -2.25. The van der Waals surface area contributed by atoms with Gasteiger partial charge in [0.2, 0.25) is 0 Å². The summed E-state index contributed by atoms with van der Waals surface area (Å²) in [5.74, 6) is -1.61. The SMILES string of the molecule is COC(=O)C1CCCn2c(-c3ccncc3)nc(C(=O)O)c21. The third kappa shape index (κ3) is 2.24. The van der Waals surface area contributed by atoms with Crippen LogP contribution in [0.4, 0.5) is 0 Å². The predicted molar refractivity (Wildman–Crippen MR) is 76.4 cm³/mol. The molecule has 2 aromatic heterocycles. The van der Waals surface area contributed by atoms with E-state index in [4.69, 9.17) is 4.74 Å². The average Bonchev–Trinajstić information content (AvgIpc) is 2.95. The number of ether oxygens (including phenoxy) is 1. The Hall–Kier alpha value is -2.70. The smallest absolute Gasteiger partial charge is 0.356 e. The number of imidazole rings is 1. The second-order valence-electron chi connectivity index (χ2n) is 5.08. The van der Waals surface area contributed by atoms with E-state index < -0.39 is 17.9 Å². The van der Waals surface area contributed by atoms with Gasteiger partial charge >= 0.3 is 11.9 Å². The highest BCUT2D eigenvalue weighted by molar-refractivity contribution is 5.91. The molecule has 0 saturated heterocycles. The molecule has 3 rings (SSSR count). The zero-order chi connectivity index (χ0) is 15.7. The van der Waals surface area contributed by atoms with Crippen molar-refractivity contribution in [2.45, 2.75) is 25.3 Å². The van der Waals surface area contributed by atoms with Crippen LogP contribution in [0, 0.1) is 0 Å². The van der Waals surface area contributed by atoms with E-state index in [1.807, 2.05) is 4.57 Å². The van der Waals surface area contributed by atoms with Crippen molar-refractivity contribution < 1.29 is 19.4 Å². The van der Waals surface area contributed by atoms with Gasteiger partial charge in [-0.15, -0.1) is 0 Å². The number of hydrogen-bond acceptors (Lipinski definition) is 5. The van der Waals surface area contributed by atoms with Gasteiger partial charge in [0.05, 0.1) is 18.7 Å². The first-order chi connectivity index (χ1) is 10.6. The highest BCUT2D eigenvalue weighted by atomic mass is 16.5. The number of carboxylic acids is 1. The fraction of sp³-hybridized carbons (Fsp3) is 0.333. The number of esters is 1. The molecular weight excluding hydrogens is 286 g/mol. The van der Waals surface area contributed by atoms with Crippen LogP contribution in [0.3, 0.4) is 0 Å². The van der Waals surface area contributed by atoms with Gasteiger partial charge < -0.3 is 14.4 Å². The minimum Gasteiger partial charge on any atom is -0.476 e. The molecule has 1 atom stereocenters. The van der Waals surface area contributed by atoms with Crippen molar-refractivity contribution in [3.63, 3.8) is 0 Å². The van der Waals surface area contributed by atoms with Gasteiger partial charge in [-0.3, -0.25) is 9.78 Å². The molecule has 1 aliphatic heterocycles. The molecule has 1 unspecified atom stereocenters. The van der Waals surface area contributed by atoms with Crippen molar-refractivity contribution in [1.82, 2.24) is 14.5 Å². The lowest BCUT2D eigenvalue weighted by molar-refractivity contribution is -0.143. The summed E-state index contributed by atoms with van der Waals surface area (Å²) in [6.45, 7) is 0.626. The summed E-state index contributed by atoms with van der Waals surface area (Å²) >= 11 is 0. The molecule has 1 aliphatic rings. The lowest BCUT2D eigenvalue weighted by atomic mass is 9.94. The first kappa shape index (κ1) is 14.2. The van der Waals surface area contributed by atoms with Gasteiger partial charge in [0.25, 0.3) is 0 Å². The third-order valence-electron chi connectivity index (χ3n) is 3.84. The summed E-state index contributed by atoms with van der Waals surface area (Å²) in [6.07, 6.45) is 4.57. The van der Waals surface area contributed by atoms with E-state index in [2.05, 4.69) is 9.97 Å². The molecule has 1 N–H and O–H groups in total. The molecule has 0 aliphatic carbocycles. The Morgan fingerprint density at radius 3 is 2.73 bits per heavy atom. The Morgan fingerprint density at radius 1 is 1.36 bits per heavy atom. The van der Waals surface area contributed by atoms with E-state index in [9.17, 15) is 14.7 Å². The largest absolute Gasteiger partial charge is 0.476 e. The van der Waals surface area contributed by atoms with Crippen molar-refractivity contribution in [1.29, 1.82) is 0 Å². The second kappa shape index (κ2) is 5.59. The number of fused-ring (bicyclic) bond motifs is 1. The summed E-state index contributed by atoms with van der Waals surface area (Å²) in [7, 11) is 1.31. The van der Waals surface area contributed by atoms with E-state index >= 15 is 0 Å². The Bertz CT molecular complexity index is 724. The molecule has 0 amide bonds. The maximum atomic E-state index is 12.0. The number of aromatic carboxylic acids is 1. The number of pyridine rings is 1. The molecular formula is C15H15N3O4. The molecule has 0 bridgehead atoms. The van der Waals surface area contributed by atoms with Crippen LogP contribution in [-0.2, 0) is 16.1 Å². The van der Waals surface area contributed by atoms with Crippen LogP contribution in [0.25, 0.3) is 11.4 Å². The lowest BCUT2D eigenvalue weighted by Gasteiger charge is -2.24. The molecule has 114 valence electrons. The number of carbonyl (C=O) groups is 2. The summed E-state index contributed by atoms with van der Waals surface area (Å²) in [5.41, 5.74) is 1.12. The fourth-order valence-corrected chi connectivity index (χ4v) is 2.89. The average molecular weight is 301 g/mol. The van der Waals surface area contributed by atoms with Crippen molar-refractivity contribution in [2.75, 3.05) is 7.11 Å². The minimum absolute atomic E-state index is 0.0816. The molecule has 0 radical (unpaired) electrons. The standard InChI is InChI=1S/C15H15N3O4/c1-22-15(21)10-3-2-8-18-12(10)11(14(19)20)17-13(18)9-4-6-16-7-5-9/h4-7,10H,2-3,8H2,1H3,(H,19,20). The monoisotopic (exact) mass is 301 g/mol. The number of carboxylic acid groups (broad SMARTS) is 1. The first-order valence-corrected chi connectivity index (χ1v) is 6.95. The van der Waals surface area contributed by atoms with E-state index in [-0.39, 0.29) is 5.69 Å². The fourth-order valence-electron chi connectivity index (χ4n) is 2.89. The molecule has 7 heteroatoms. The Kier molecular flexibility index (Phi) is 3.62. The number of nitrogens with zero attached hydrogens (tertiary/aromatic N) is 3. The van der Waals surface area contributed by atoms with E-state index in [1.54, 1.807) is 24.5 Å². The molecule has 22 heavy (non-hydrogen) atoms. The van der Waals surface area contributed by atoms with Gasteiger partial charge in [0.1, 0.15) is 5.82 Å². The van der Waals surface area contributed by atoms with Crippen LogP contribution in [0.1, 0.15) is 34.9 Å². The van der Waals surface area contributed by atoms with Crippen LogP contribution in [0.15, 0.2) is 24.5 Å². The quantitative estimate of drug-likeness (QED) is 0.867. The van der Waals surface area contributed by atoms with E-state index in [0.29, 0.717) is 24.5 Å². The molecule has 2 aromatic rings.